The second-order valence-electron chi connectivity index (χ2n) is 6.50. The highest BCUT2D eigenvalue weighted by Crippen LogP contribution is 2.38. The molecule has 1 aliphatic rings. The van der Waals surface area contributed by atoms with E-state index in [-0.39, 0.29) is 18.6 Å². The van der Waals surface area contributed by atoms with Gasteiger partial charge in [0.25, 0.3) is 0 Å². The van der Waals surface area contributed by atoms with Crippen molar-refractivity contribution in [2.24, 2.45) is 0 Å². The Labute approximate surface area is 178 Å². The molecule has 2 heterocycles. The molecule has 2 aromatic heterocycles. The van der Waals surface area contributed by atoms with Crippen molar-refractivity contribution in [1.82, 2.24) is 4.98 Å². The maximum absolute atomic E-state index is 12.3. The quantitative estimate of drug-likeness (QED) is 0.410. The number of hydrogen-bond donors (Lipinski definition) is 1. The first-order chi connectivity index (χ1) is 14.6. The van der Waals surface area contributed by atoms with Crippen LogP contribution in [0.3, 0.4) is 0 Å². The van der Waals surface area contributed by atoms with E-state index >= 15 is 0 Å². The van der Waals surface area contributed by atoms with Gasteiger partial charge in [0.2, 0.25) is 5.91 Å². The van der Waals surface area contributed by atoms with Gasteiger partial charge in [0, 0.05) is 36.9 Å². The molecule has 0 saturated heterocycles. The molecule has 1 amide bonds. The SMILES string of the molecule is COCCOC(=O)OC1CCc2c(sc(NC(=O)/C=C/c3cccnc3)c2C#N)C1. The number of nitrogens with zero attached hydrogens (tertiary/aromatic N) is 2. The number of carbonyl (C=O) groups excluding carboxylic acids is 2. The first-order valence-corrected chi connectivity index (χ1v) is 10.2. The summed E-state index contributed by atoms with van der Waals surface area (Å²) in [5, 5.41) is 12.9. The van der Waals surface area contributed by atoms with Gasteiger partial charge in [-0.3, -0.25) is 9.78 Å². The van der Waals surface area contributed by atoms with Gasteiger partial charge in [-0.1, -0.05) is 6.07 Å². The highest BCUT2D eigenvalue weighted by molar-refractivity contribution is 7.16. The lowest BCUT2D eigenvalue weighted by Gasteiger charge is -2.21. The number of fused-ring (bicyclic) bond motifs is 1. The van der Waals surface area contributed by atoms with Crippen LogP contribution in [0.15, 0.2) is 30.6 Å². The summed E-state index contributed by atoms with van der Waals surface area (Å²) in [6.45, 7) is 0.437. The second kappa shape index (κ2) is 10.5. The average molecular weight is 427 g/mol. The van der Waals surface area contributed by atoms with Gasteiger partial charge in [-0.2, -0.15) is 5.26 Å². The Balaban J connectivity index is 1.63. The minimum absolute atomic E-state index is 0.133. The number of methoxy groups -OCH3 is 1. The maximum Gasteiger partial charge on any atom is 0.508 e. The van der Waals surface area contributed by atoms with Crippen LogP contribution in [-0.2, 0) is 31.8 Å². The second-order valence-corrected chi connectivity index (χ2v) is 7.61. The molecule has 1 unspecified atom stereocenters. The largest absolute Gasteiger partial charge is 0.508 e. The molecule has 2 aromatic rings. The maximum atomic E-state index is 12.3. The van der Waals surface area contributed by atoms with Crippen LogP contribution in [0.4, 0.5) is 9.80 Å². The molecule has 0 saturated carbocycles. The number of pyridine rings is 1. The summed E-state index contributed by atoms with van der Waals surface area (Å²) < 4.78 is 15.1. The third-order valence-electron chi connectivity index (χ3n) is 4.45. The van der Waals surface area contributed by atoms with E-state index in [9.17, 15) is 14.9 Å². The van der Waals surface area contributed by atoms with Gasteiger partial charge < -0.3 is 19.5 Å². The Morgan fingerprint density at radius 2 is 2.30 bits per heavy atom. The molecule has 1 aliphatic carbocycles. The number of aromatic nitrogens is 1. The molecular weight excluding hydrogens is 406 g/mol. The standard InChI is InChI=1S/C21H21N3O5S/c1-27-9-10-28-21(26)29-15-5-6-16-17(12-22)20(30-18(16)11-15)24-19(25)7-4-14-3-2-8-23-13-14/h2-4,7-8,13,15H,5-6,9-11H2,1H3,(H,24,25)/b7-4+. The summed E-state index contributed by atoms with van der Waals surface area (Å²) in [7, 11) is 1.52. The topological polar surface area (TPSA) is 111 Å². The highest BCUT2D eigenvalue weighted by atomic mass is 32.1. The Kier molecular flexibility index (Phi) is 7.54. The van der Waals surface area contributed by atoms with Crippen molar-refractivity contribution in [3.05, 3.63) is 52.2 Å². The van der Waals surface area contributed by atoms with Gasteiger partial charge >= 0.3 is 6.16 Å². The molecule has 0 aromatic carbocycles. The molecule has 30 heavy (non-hydrogen) atoms. The van der Waals surface area contributed by atoms with E-state index in [2.05, 4.69) is 16.4 Å². The Bertz CT molecular complexity index is 965. The predicted octanol–water partition coefficient (Wildman–Crippen LogP) is 3.32. The monoisotopic (exact) mass is 427 g/mol. The van der Waals surface area contributed by atoms with Gasteiger partial charge in [-0.25, -0.2) is 4.79 Å². The lowest BCUT2D eigenvalue weighted by molar-refractivity contribution is -0.111. The Morgan fingerprint density at radius 1 is 1.43 bits per heavy atom. The van der Waals surface area contributed by atoms with Gasteiger partial charge in [-0.15, -0.1) is 11.3 Å². The Morgan fingerprint density at radius 3 is 3.03 bits per heavy atom. The molecule has 0 bridgehead atoms. The molecular formula is C21H21N3O5S. The number of anilines is 1. The number of nitrogens with one attached hydrogen (secondary N) is 1. The first-order valence-electron chi connectivity index (χ1n) is 9.36. The van der Waals surface area contributed by atoms with E-state index in [1.54, 1.807) is 24.5 Å². The summed E-state index contributed by atoms with van der Waals surface area (Å²) in [5.74, 6) is -0.330. The molecule has 1 N–H and O–H groups in total. The van der Waals surface area contributed by atoms with E-state index in [4.69, 9.17) is 14.2 Å². The molecule has 0 fully saturated rings. The van der Waals surface area contributed by atoms with E-state index in [1.807, 2.05) is 6.07 Å². The van der Waals surface area contributed by atoms with E-state index in [0.29, 0.717) is 36.4 Å². The number of hydrogen-bond acceptors (Lipinski definition) is 8. The number of carbonyl (C=O) groups is 2. The average Bonchev–Trinajstić information content (AvgIpc) is 3.09. The molecule has 156 valence electrons. The van der Waals surface area contributed by atoms with E-state index in [0.717, 1.165) is 16.0 Å². The zero-order valence-electron chi connectivity index (χ0n) is 16.4. The van der Waals surface area contributed by atoms with Gasteiger partial charge in [0.1, 0.15) is 23.8 Å². The fraction of sp³-hybridized carbons (Fsp3) is 0.333. The van der Waals surface area contributed by atoms with Gasteiger partial charge in [0.05, 0.1) is 12.2 Å². The van der Waals surface area contributed by atoms with Crippen LogP contribution in [0.5, 0.6) is 0 Å². The molecule has 8 nitrogen and oxygen atoms in total. The molecule has 3 rings (SSSR count). The molecule has 1 atom stereocenters. The fourth-order valence-corrected chi connectivity index (χ4v) is 4.31. The van der Waals surface area contributed by atoms with E-state index < -0.39 is 6.16 Å². The summed E-state index contributed by atoms with van der Waals surface area (Å²) >= 11 is 1.34. The lowest BCUT2D eigenvalue weighted by Crippen LogP contribution is -2.26. The summed E-state index contributed by atoms with van der Waals surface area (Å²) in [5.41, 5.74) is 2.18. The first kappa shape index (κ1) is 21.5. The predicted molar refractivity (Wildman–Crippen MR) is 111 cm³/mol. The fourth-order valence-electron chi connectivity index (χ4n) is 3.04. The highest BCUT2D eigenvalue weighted by Gasteiger charge is 2.28. The van der Waals surface area contributed by atoms with Crippen LogP contribution in [0.1, 0.15) is 28.0 Å². The van der Waals surface area contributed by atoms with Crippen LogP contribution >= 0.6 is 11.3 Å². The number of amides is 1. The van der Waals surface area contributed by atoms with Crippen LogP contribution < -0.4 is 5.32 Å². The van der Waals surface area contributed by atoms with Crippen molar-refractivity contribution in [2.45, 2.75) is 25.4 Å². The van der Waals surface area contributed by atoms with Crippen LogP contribution in [0.2, 0.25) is 0 Å². The zero-order chi connectivity index (χ0) is 21.3. The number of thiophene rings is 1. The van der Waals surface area contributed by atoms with Crippen molar-refractivity contribution in [3.8, 4) is 6.07 Å². The van der Waals surface area contributed by atoms with Crippen molar-refractivity contribution in [2.75, 3.05) is 25.6 Å². The lowest BCUT2D eigenvalue weighted by atomic mass is 9.94. The molecule has 9 heteroatoms. The van der Waals surface area contributed by atoms with Crippen LogP contribution in [0, 0.1) is 11.3 Å². The van der Waals surface area contributed by atoms with Crippen molar-refractivity contribution in [3.63, 3.8) is 0 Å². The summed E-state index contributed by atoms with van der Waals surface area (Å²) in [6.07, 6.45) is 6.96. The molecule has 0 spiro atoms. The normalized spacial score (nSPS) is 15.3. The smallest absolute Gasteiger partial charge is 0.432 e. The summed E-state index contributed by atoms with van der Waals surface area (Å²) in [6, 6.07) is 5.81. The number of rotatable bonds is 7. The van der Waals surface area contributed by atoms with Gasteiger partial charge in [-0.05, 0) is 36.1 Å². The minimum atomic E-state index is -0.730. The minimum Gasteiger partial charge on any atom is -0.432 e. The number of ether oxygens (including phenoxy) is 3. The van der Waals surface area contributed by atoms with Crippen LogP contribution in [0.25, 0.3) is 6.08 Å². The summed E-state index contributed by atoms with van der Waals surface area (Å²) in [4.78, 5) is 28.9. The third-order valence-corrected chi connectivity index (χ3v) is 5.62. The Hall–Kier alpha value is -3.22. The van der Waals surface area contributed by atoms with Gasteiger partial charge in [0.15, 0.2) is 0 Å². The zero-order valence-corrected chi connectivity index (χ0v) is 17.2. The van der Waals surface area contributed by atoms with Crippen molar-refractivity contribution in [1.29, 1.82) is 5.26 Å². The van der Waals surface area contributed by atoms with Crippen molar-refractivity contribution < 1.29 is 23.8 Å². The molecule has 0 aliphatic heterocycles. The van der Waals surface area contributed by atoms with Crippen LogP contribution in [-0.4, -0.2) is 43.5 Å². The number of nitriles is 1. The third kappa shape index (κ3) is 5.65. The van der Waals surface area contributed by atoms with Crippen molar-refractivity contribution >= 4 is 34.5 Å². The van der Waals surface area contributed by atoms with E-state index in [1.165, 1.54) is 24.5 Å². The molecule has 0 radical (unpaired) electrons.